The first-order valence-corrected chi connectivity index (χ1v) is 3.91. The van der Waals surface area contributed by atoms with Crippen LogP contribution in [0.25, 0.3) is 0 Å². The van der Waals surface area contributed by atoms with E-state index in [1.54, 1.807) is 24.3 Å². The quantitative estimate of drug-likeness (QED) is 0.517. The van der Waals surface area contributed by atoms with Crippen LogP contribution in [0.5, 0.6) is 0 Å². The summed E-state index contributed by atoms with van der Waals surface area (Å²) in [7, 11) is 0. The molecule has 0 spiro atoms. The molecular formula is C9H11N3O. The van der Waals surface area contributed by atoms with Crippen molar-refractivity contribution < 1.29 is 4.79 Å². The first-order valence-electron chi connectivity index (χ1n) is 3.91. The van der Waals surface area contributed by atoms with E-state index in [0.717, 1.165) is 0 Å². The Hall–Kier alpha value is -1.68. The van der Waals surface area contributed by atoms with Crippen molar-refractivity contribution in [3.8, 4) is 0 Å². The van der Waals surface area contributed by atoms with Crippen molar-refractivity contribution in [2.45, 2.75) is 0 Å². The van der Waals surface area contributed by atoms with Gasteiger partial charge < -0.3 is 5.73 Å². The molecule has 68 valence electrons. The van der Waals surface area contributed by atoms with E-state index in [1.807, 2.05) is 6.07 Å². The molecule has 0 radical (unpaired) electrons. The summed E-state index contributed by atoms with van der Waals surface area (Å²) in [5.41, 5.74) is 8.08. The standard InChI is InChI=1S/C9H11N3O/c10-6-7-11-12-9(13)8-4-2-1-3-5-8/h1-5,7H,6,10H2,(H,12,13). The minimum absolute atomic E-state index is 0.231. The van der Waals surface area contributed by atoms with Gasteiger partial charge in [0, 0.05) is 18.3 Å². The molecule has 0 aliphatic rings. The summed E-state index contributed by atoms with van der Waals surface area (Å²) >= 11 is 0. The zero-order chi connectivity index (χ0) is 9.52. The number of carbonyl (C=O) groups excluding carboxylic acids is 1. The molecule has 1 rings (SSSR count). The fourth-order valence-corrected chi connectivity index (χ4v) is 0.811. The Morgan fingerprint density at radius 1 is 1.46 bits per heavy atom. The summed E-state index contributed by atoms with van der Waals surface area (Å²) in [4.78, 5) is 11.3. The highest BCUT2D eigenvalue weighted by Crippen LogP contribution is 1.96. The highest BCUT2D eigenvalue weighted by molar-refractivity contribution is 5.94. The average molecular weight is 177 g/mol. The molecule has 0 aliphatic carbocycles. The molecule has 1 aromatic rings. The number of nitrogens with one attached hydrogen (secondary N) is 1. The molecule has 4 heteroatoms. The van der Waals surface area contributed by atoms with E-state index in [4.69, 9.17) is 5.73 Å². The Morgan fingerprint density at radius 2 is 2.15 bits per heavy atom. The van der Waals surface area contributed by atoms with E-state index in [-0.39, 0.29) is 5.91 Å². The maximum Gasteiger partial charge on any atom is 0.271 e. The number of carbonyl (C=O) groups is 1. The van der Waals surface area contributed by atoms with Gasteiger partial charge in [0.15, 0.2) is 0 Å². The Morgan fingerprint density at radius 3 is 2.77 bits per heavy atom. The van der Waals surface area contributed by atoms with Crippen molar-refractivity contribution in [3.05, 3.63) is 35.9 Å². The van der Waals surface area contributed by atoms with Gasteiger partial charge in [-0.05, 0) is 12.1 Å². The molecule has 13 heavy (non-hydrogen) atoms. The van der Waals surface area contributed by atoms with Crippen LogP contribution in [0.2, 0.25) is 0 Å². The van der Waals surface area contributed by atoms with E-state index in [2.05, 4.69) is 10.5 Å². The van der Waals surface area contributed by atoms with Crippen LogP contribution in [0.15, 0.2) is 35.4 Å². The molecule has 0 aromatic heterocycles. The van der Waals surface area contributed by atoms with Crippen LogP contribution in [-0.4, -0.2) is 18.7 Å². The highest BCUT2D eigenvalue weighted by atomic mass is 16.2. The first-order chi connectivity index (χ1) is 6.34. The minimum atomic E-state index is -0.231. The number of rotatable bonds is 3. The van der Waals surface area contributed by atoms with Crippen LogP contribution in [0.3, 0.4) is 0 Å². The monoisotopic (exact) mass is 177 g/mol. The van der Waals surface area contributed by atoms with Crippen molar-refractivity contribution in [2.24, 2.45) is 10.8 Å². The van der Waals surface area contributed by atoms with E-state index in [1.165, 1.54) is 6.21 Å². The van der Waals surface area contributed by atoms with Crippen LogP contribution >= 0.6 is 0 Å². The summed E-state index contributed by atoms with van der Waals surface area (Å²) in [5, 5.41) is 3.62. The fraction of sp³-hybridized carbons (Fsp3) is 0.111. The summed E-state index contributed by atoms with van der Waals surface area (Å²) < 4.78 is 0. The number of hydrazone groups is 1. The number of nitrogens with two attached hydrogens (primary N) is 1. The van der Waals surface area contributed by atoms with E-state index in [9.17, 15) is 4.79 Å². The number of nitrogens with zero attached hydrogens (tertiary/aromatic N) is 1. The summed E-state index contributed by atoms with van der Waals surface area (Å²) in [6.07, 6.45) is 1.43. The summed E-state index contributed by atoms with van der Waals surface area (Å²) in [5.74, 6) is -0.231. The zero-order valence-electron chi connectivity index (χ0n) is 7.10. The number of amides is 1. The Bertz CT molecular complexity index is 295. The lowest BCUT2D eigenvalue weighted by molar-refractivity contribution is 0.0955. The average Bonchev–Trinajstić information content (AvgIpc) is 2.19. The molecule has 0 fully saturated rings. The van der Waals surface area contributed by atoms with Gasteiger partial charge >= 0.3 is 0 Å². The maximum absolute atomic E-state index is 11.3. The third kappa shape index (κ3) is 3.04. The first kappa shape index (κ1) is 9.41. The van der Waals surface area contributed by atoms with Gasteiger partial charge in [0.1, 0.15) is 0 Å². The van der Waals surface area contributed by atoms with Crippen molar-refractivity contribution in [2.75, 3.05) is 6.54 Å². The molecule has 1 amide bonds. The topological polar surface area (TPSA) is 67.5 Å². The summed E-state index contributed by atoms with van der Waals surface area (Å²) in [6.45, 7) is 0.315. The largest absolute Gasteiger partial charge is 0.326 e. The highest BCUT2D eigenvalue weighted by Gasteiger charge is 2.00. The molecule has 1 aromatic carbocycles. The lowest BCUT2D eigenvalue weighted by Gasteiger charge is -1.97. The smallest absolute Gasteiger partial charge is 0.271 e. The van der Waals surface area contributed by atoms with Crippen molar-refractivity contribution in [3.63, 3.8) is 0 Å². The van der Waals surface area contributed by atoms with Gasteiger partial charge in [0.25, 0.3) is 5.91 Å². The predicted octanol–water partition coefficient (Wildman–Crippen LogP) is 0.361. The van der Waals surface area contributed by atoms with Gasteiger partial charge in [0.05, 0.1) is 0 Å². The van der Waals surface area contributed by atoms with Crippen LogP contribution in [-0.2, 0) is 0 Å². The molecule has 0 aliphatic heterocycles. The maximum atomic E-state index is 11.3. The zero-order valence-corrected chi connectivity index (χ0v) is 7.10. The molecule has 0 saturated heterocycles. The van der Waals surface area contributed by atoms with Crippen molar-refractivity contribution in [1.82, 2.24) is 5.43 Å². The molecule has 0 heterocycles. The molecule has 0 saturated carbocycles. The minimum Gasteiger partial charge on any atom is -0.326 e. The predicted molar refractivity (Wildman–Crippen MR) is 51.5 cm³/mol. The summed E-state index contributed by atoms with van der Waals surface area (Å²) in [6, 6.07) is 8.86. The van der Waals surface area contributed by atoms with Crippen LogP contribution in [0.1, 0.15) is 10.4 Å². The second-order valence-electron chi connectivity index (χ2n) is 2.35. The van der Waals surface area contributed by atoms with Crippen molar-refractivity contribution in [1.29, 1.82) is 0 Å². The third-order valence-corrected chi connectivity index (χ3v) is 1.40. The van der Waals surface area contributed by atoms with E-state index < -0.39 is 0 Å². The van der Waals surface area contributed by atoms with E-state index in [0.29, 0.717) is 12.1 Å². The molecule has 0 unspecified atom stereocenters. The Balaban J connectivity index is 2.54. The number of hydrogen-bond acceptors (Lipinski definition) is 3. The van der Waals surface area contributed by atoms with Gasteiger partial charge in [-0.15, -0.1) is 0 Å². The van der Waals surface area contributed by atoms with Crippen LogP contribution in [0, 0.1) is 0 Å². The van der Waals surface area contributed by atoms with Crippen LogP contribution < -0.4 is 11.2 Å². The molecule has 0 atom stereocenters. The lowest BCUT2D eigenvalue weighted by atomic mass is 10.2. The van der Waals surface area contributed by atoms with E-state index >= 15 is 0 Å². The molecule has 0 bridgehead atoms. The molecular weight excluding hydrogens is 166 g/mol. The fourth-order valence-electron chi connectivity index (χ4n) is 0.811. The third-order valence-electron chi connectivity index (χ3n) is 1.40. The van der Waals surface area contributed by atoms with Gasteiger partial charge in [-0.1, -0.05) is 18.2 Å². The second-order valence-corrected chi connectivity index (χ2v) is 2.35. The number of benzene rings is 1. The van der Waals surface area contributed by atoms with Gasteiger partial charge in [-0.2, -0.15) is 5.10 Å². The lowest BCUT2D eigenvalue weighted by Crippen LogP contribution is -2.18. The molecule has 4 nitrogen and oxygen atoms in total. The second kappa shape index (κ2) is 5.05. The van der Waals surface area contributed by atoms with Crippen LogP contribution in [0.4, 0.5) is 0 Å². The normalized spacial score (nSPS) is 10.2. The SMILES string of the molecule is NCC=NNC(=O)c1ccccc1. The van der Waals surface area contributed by atoms with Gasteiger partial charge in [-0.25, -0.2) is 5.43 Å². The van der Waals surface area contributed by atoms with Crippen molar-refractivity contribution >= 4 is 12.1 Å². The van der Waals surface area contributed by atoms with Gasteiger partial charge in [0.2, 0.25) is 0 Å². The Labute approximate surface area is 76.4 Å². The Kier molecular flexibility index (Phi) is 3.66. The van der Waals surface area contributed by atoms with Gasteiger partial charge in [-0.3, -0.25) is 4.79 Å². The molecule has 3 N–H and O–H groups in total. The number of hydrogen-bond donors (Lipinski definition) is 2.